The fourth-order valence-electron chi connectivity index (χ4n) is 1.81. The molecule has 0 fully saturated rings. The van der Waals surface area contributed by atoms with Crippen LogP contribution in [0.15, 0.2) is 53.0 Å². The van der Waals surface area contributed by atoms with Crippen LogP contribution in [0, 0.1) is 6.92 Å². The van der Waals surface area contributed by atoms with Crippen LogP contribution in [0.25, 0.3) is 0 Å². The van der Waals surface area contributed by atoms with Crippen LogP contribution in [0.3, 0.4) is 0 Å². The summed E-state index contributed by atoms with van der Waals surface area (Å²) in [4.78, 5) is 0. The summed E-state index contributed by atoms with van der Waals surface area (Å²) in [5, 5.41) is 3.38. The van der Waals surface area contributed by atoms with Crippen molar-refractivity contribution in [3.05, 3.63) is 64.1 Å². The van der Waals surface area contributed by atoms with E-state index in [4.69, 9.17) is 4.74 Å². The summed E-state index contributed by atoms with van der Waals surface area (Å²) < 4.78 is 6.77. The van der Waals surface area contributed by atoms with Crippen LogP contribution >= 0.6 is 15.9 Å². The van der Waals surface area contributed by atoms with Gasteiger partial charge in [0, 0.05) is 17.6 Å². The number of aryl methyl sites for hydroxylation is 1. The normalized spacial score (nSPS) is 10.4. The van der Waals surface area contributed by atoms with Gasteiger partial charge >= 0.3 is 0 Å². The zero-order valence-electron chi connectivity index (χ0n) is 11.0. The van der Waals surface area contributed by atoms with Crippen LogP contribution in [-0.4, -0.2) is 13.2 Å². The standard InChI is InChI=1S/C16H18BrNO/c1-13-11-14(7-8-16(13)17)12-18-9-10-19-15-5-3-2-4-6-15/h2-8,11,18H,9-10,12H2,1H3. The van der Waals surface area contributed by atoms with E-state index in [1.807, 2.05) is 30.3 Å². The molecule has 0 unspecified atom stereocenters. The molecule has 3 heteroatoms. The highest BCUT2D eigenvalue weighted by molar-refractivity contribution is 9.10. The molecule has 0 bridgehead atoms. The molecule has 0 aromatic heterocycles. The van der Waals surface area contributed by atoms with Gasteiger partial charge in [-0.2, -0.15) is 0 Å². The number of rotatable bonds is 6. The van der Waals surface area contributed by atoms with Crippen molar-refractivity contribution in [2.75, 3.05) is 13.2 Å². The van der Waals surface area contributed by atoms with Gasteiger partial charge in [-0.1, -0.05) is 46.3 Å². The van der Waals surface area contributed by atoms with Crippen molar-refractivity contribution in [2.24, 2.45) is 0 Å². The smallest absolute Gasteiger partial charge is 0.119 e. The maximum atomic E-state index is 5.62. The van der Waals surface area contributed by atoms with E-state index in [2.05, 4.69) is 46.4 Å². The van der Waals surface area contributed by atoms with Crippen LogP contribution < -0.4 is 10.1 Å². The van der Waals surface area contributed by atoms with Crippen molar-refractivity contribution in [3.8, 4) is 5.75 Å². The minimum atomic E-state index is 0.680. The minimum absolute atomic E-state index is 0.680. The SMILES string of the molecule is Cc1cc(CNCCOc2ccccc2)ccc1Br. The summed E-state index contributed by atoms with van der Waals surface area (Å²) >= 11 is 3.51. The Morgan fingerprint density at radius 2 is 1.89 bits per heavy atom. The van der Waals surface area contributed by atoms with E-state index in [9.17, 15) is 0 Å². The van der Waals surface area contributed by atoms with Gasteiger partial charge in [-0.25, -0.2) is 0 Å². The van der Waals surface area contributed by atoms with E-state index in [1.54, 1.807) is 0 Å². The molecule has 0 aliphatic heterocycles. The van der Waals surface area contributed by atoms with Crippen molar-refractivity contribution in [3.63, 3.8) is 0 Å². The van der Waals surface area contributed by atoms with Crippen molar-refractivity contribution in [1.82, 2.24) is 5.32 Å². The molecule has 0 saturated carbocycles. The zero-order chi connectivity index (χ0) is 13.5. The van der Waals surface area contributed by atoms with E-state index in [0.717, 1.165) is 23.3 Å². The van der Waals surface area contributed by atoms with Crippen molar-refractivity contribution in [1.29, 1.82) is 0 Å². The van der Waals surface area contributed by atoms with Gasteiger partial charge in [0.1, 0.15) is 12.4 Å². The fourth-order valence-corrected chi connectivity index (χ4v) is 2.05. The number of benzene rings is 2. The Morgan fingerprint density at radius 3 is 2.63 bits per heavy atom. The first kappa shape index (κ1) is 14.1. The summed E-state index contributed by atoms with van der Waals surface area (Å²) in [6, 6.07) is 16.3. The van der Waals surface area contributed by atoms with Crippen molar-refractivity contribution < 1.29 is 4.74 Å². The summed E-state index contributed by atoms with van der Waals surface area (Å²) in [6.07, 6.45) is 0. The van der Waals surface area contributed by atoms with Gasteiger partial charge in [-0.3, -0.25) is 0 Å². The van der Waals surface area contributed by atoms with Crippen molar-refractivity contribution in [2.45, 2.75) is 13.5 Å². The maximum absolute atomic E-state index is 5.62. The van der Waals surface area contributed by atoms with Gasteiger partial charge in [-0.15, -0.1) is 0 Å². The van der Waals surface area contributed by atoms with Gasteiger partial charge < -0.3 is 10.1 Å². The molecule has 2 aromatic carbocycles. The van der Waals surface area contributed by atoms with E-state index in [-0.39, 0.29) is 0 Å². The molecule has 0 saturated heterocycles. The van der Waals surface area contributed by atoms with Gasteiger partial charge in [0.05, 0.1) is 0 Å². The Hall–Kier alpha value is -1.32. The predicted molar refractivity (Wildman–Crippen MR) is 82.5 cm³/mol. The molecular weight excluding hydrogens is 302 g/mol. The lowest BCUT2D eigenvalue weighted by Gasteiger charge is -2.08. The predicted octanol–water partition coefficient (Wildman–Crippen LogP) is 3.93. The quantitative estimate of drug-likeness (QED) is 0.815. The molecule has 19 heavy (non-hydrogen) atoms. The third-order valence-electron chi connectivity index (χ3n) is 2.84. The first-order chi connectivity index (χ1) is 9.25. The summed E-state index contributed by atoms with van der Waals surface area (Å²) in [5.41, 5.74) is 2.56. The lowest BCUT2D eigenvalue weighted by atomic mass is 10.1. The van der Waals surface area contributed by atoms with Gasteiger partial charge in [0.15, 0.2) is 0 Å². The number of para-hydroxylation sites is 1. The number of nitrogens with one attached hydrogen (secondary N) is 1. The lowest BCUT2D eigenvalue weighted by molar-refractivity contribution is 0.313. The highest BCUT2D eigenvalue weighted by Gasteiger charge is 1.97. The van der Waals surface area contributed by atoms with Crippen LogP contribution in [0.1, 0.15) is 11.1 Å². The second kappa shape index (κ2) is 7.31. The Balaban J connectivity index is 1.68. The summed E-state index contributed by atoms with van der Waals surface area (Å²) in [7, 11) is 0. The molecule has 0 atom stereocenters. The van der Waals surface area contributed by atoms with Gasteiger partial charge in [0.2, 0.25) is 0 Å². The number of hydrogen-bond acceptors (Lipinski definition) is 2. The van der Waals surface area contributed by atoms with Crippen LogP contribution in [-0.2, 0) is 6.54 Å². The lowest BCUT2D eigenvalue weighted by Crippen LogP contribution is -2.20. The summed E-state index contributed by atoms with van der Waals surface area (Å²) in [5.74, 6) is 0.920. The van der Waals surface area contributed by atoms with E-state index in [0.29, 0.717) is 6.61 Å². The number of hydrogen-bond donors (Lipinski definition) is 1. The average molecular weight is 320 g/mol. The van der Waals surface area contributed by atoms with Gasteiger partial charge in [-0.05, 0) is 36.2 Å². The number of halogens is 1. The molecule has 0 heterocycles. The Morgan fingerprint density at radius 1 is 1.11 bits per heavy atom. The van der Waals surface area contributed by atoms with E-state index < -0.39 is 0 Å². The molecule has 0 amide bonds. The fraction of sp³-hybridized carbons (Fsp3) is 0.250. The Kier molecular flexibility index (Phi) is 5.43. The first-order valence-corrected chi connectivity index (χ1v) is 7.18. The summed E-state index contributed by atoms with van der Waals surface area (Å²) in [6.45, 7) is 4.49. The topological polar surface area (TPSA) is 21.3 Å². The Labute approximate surface area is 122 Å². The minimum Gasteiger partial charge on any atom is -0.492 e. The largest absolute Gasteiger partial charge is 0.492 e. The van der Waals surface area contributed by atoms with Crippen LogP contribution in [0.5, 0.6) is 5.75 Å². The highest BCUT2D eigenvalue weighted by Crippen LogP contribution is 2.16. The van der Waals surface area contributed by atoms with E-state index >= 15 is 0 Å². The molecule has 0 aliphatic rings. The zero-order valence-corrected chi connectivity index (χ0v) is 12.6. The molecule has 100 valence electrons. The average Bonchev–Trinajstić information content (AvgIpc) is 2.43. The molecule has 0 aliphatic carbocycles. The van der Waals surface area contributed by atoms with E-state index in [1.165, 1.54) is 11.1 Å². The van der Waals surface area contributed by atoms with Crippen LogP contribution in [0.2, 0.25) is 0 Å². The Bertz CT molecular complexity index is 513. The third-order valence-corrected chi connectivity index (χ3v) is 3.73. The molecule has 2 nitrogen and oxygen atoms in total. The monoisotopic (exact) mass is 319 g/mol. The first-order valence-electron chi connectivity index (χ1n) is 6.39. The maximum Gasteiger partial charge on any atom is 0.119 e. The van der Waals surface area contributed by atoms with Crippen molar-refractivity contribution >= 4 is 15.9 Å². The highest BCUT2D eigenvalue weighted by atomic mass is 79.9. The molecule has 0 spiro atoms. The van der Waals surface area contributed by atoms with Crippen LogP contribution in [0.4, 0.5) is 0 Å². The molecule has 2 aromatic rings. The molecular formula is C16H18BrNO. The second-order valence-electron chi connectivity index (χ2n) is 4.42. The number of ether oxygens (including phenoxy) is 1. The van der Waals surface area contributed by atoms with Gasteiger partial charge in [0.25, 0.3) is 0 Å². The third kappa shape index (κ3) is 4.69. The molecule has 2 rings (SSSR count). The molecule has 0 radical (unpaired) electrons. The second-order valence-corrected chi connectivity index (χ2v) is 5.28. The molecule has 1 N–H and O–H groups in total.